The molecule has 4 heteroatoms. The van der Waals surface area contributed by atoms with E-state index in [0.717, 1.165) is 16.1 Å². The van der Waals surface area contributed by atoms with Gasteiger partial charge in [-0.05, 0) is 35.9 Å². The van der Waals surface area contributed by atoms with Crippen molar-refractivity contribution in [1.82, 2.24) is 4.98 Å². The fourth-order valence-electron chi connectivity index (χ4n) is 2.18. The van der Waals surface area contributed by atoms with Crippen LogP contribution in [0.15, 0.2) is 55.1 Å². The van der Waals surface area contributed by atoms with Crippen molar-refractivity contribution in [3.63, 3.8) is 0 Å². The third-order valence-electron chi connectivity index (χ3n) is 3.27. The Hall–Kier alpha value is -2.59. The topological polar surface area (TPSA) is 31.4 Å². The van der Waals surface area contributed by atoms with E-state index in [1.54, 1.807) is 24.5 Å². The van der Waals surface area contributed by atoms with Gasteiger partial charge in [-0.25, -0.2) is 4.98 Å². The molecule has 23 heavy (non-hydrogen) atoms. The molecule has 0 amide bonds. The van der Waals surface area contributed by atoms with E-state index >= 15 is 0 Å². The fourth-order valence-corrected chi connectivity index (χ4v) is 3.05. The van der Waals surface area contributed by atoms with Gasteiger partial charge in [0.25, 0.3) is 0 Å². The quantitative estimate of drug-likeness (QED) is 0.596. The molecule has 3 nitrogen and oxygen atoms in total. The van der Waals surface area contributed by atoms with Gasteiger partial charge in [-0.15, -0.1) is 11.3 Å². The van der Waals surface area contributed by atoms with Crippen LogP contribution in [0.2, 0.25) is 0 Å². The van der Waals surface area contributed by atoms with E-state index in [0.29, 0.717) is 18.1 Å². The summed E-state index contributed by atoms with van der Waals surface area (Å²) < 4.78 is 12.1. The van der Waals surface area contributed by atoms with Crippen molar-refractivity contribution >= 4 is 33.7 Å². The molecule has 0 saturated heterocycles. The lowest BCUT2D eigenvalue weighted by atomic mass is 10.2. The molecule has 0 spiro atoms. The van der Waals surface area contributed by atoms with Crippen molar-refractivity contribution in [3.8, 4) is 11.5 Å². The Morgan fingerprint density at radius 1 is 1.13 bits per heavy atom. The molecule has 3 rings (SSSR count). The molecular formula is C19H17NO2S. The van der Waals surface area contributed by atoms with Gasteiger partial charge in [0.2, 0.25) is 0 Å². The van der Waals surface area contributed by atoms with E-state index in [1.807, 2.05) is 48.6 Å². The molecule has 3 aromatic rings. The van der Waals surface area contributed by atoms with Crippen molar-refractivity contribution in [1.29, 1.82) is 0 Å². The third-order valence-corrected chi connectivity index (χ3v) is 4.27. The highest BCUT2D eigenvalue weighted by Crippen LogP contribution is 2.29. The van der Waals surface area contributed by atoms with E-state index in [1.165, 1.54) is 4.70 Å². The Labute approximate surface area is 139 Å². The average Bonchev–Trinajstić information content (AvgIpc) is 3.01. The number of fused-ring (bicyclic) bond motifs is 1. The summed E-state index contributed by atoms with van der Waals surface area (Å²) in [7, 11) is 1.64. The number of hydrogen-bond acceptors (Lipinski definition) is 4. The first-order valence-corrected chi connectivity index (χ1v) is 8.07. The van der Waals surface area contributed by atoms with Gasteiger partial charge in [0.05, 0.1) is 17.3 Å². The fraction of sp³-hybridized carbons (Fsp3) is 0.105. The summed E-state index contributed by atoms with van der Waals surface area (Å²) in [5, 5.41) is 0.983. The number of thiazole rings is 1. The van der Waals surface area contributed by atoms with Gasteiger partial charge >= 0.3 is 0 Å². The smallest absolute Gasteiger partial charge is 0.161 e. The molecule has 0 fully saturated rings. The van der Waals surface area contributed by atoms with Crippen LogP contribution in [0, 0.1) is 0 Å². The second-order valence-corrected chi connectivity index (χ2v) is 5.93. The van der Waals surface area contributed by atoms with Crippen molar-refractivity contribution in [3.05, 3.63) is 65.7 Å². The van der Waals surface area contributed by atoms with E-state index < -0.39 is 0 Å². The van der Waals surface area contributed by atoms with Crippen LogP contribution in [0.4, 0.5) is 0 Å². The van der Waals surface area contributed by atoms with Crippen LogP contribution in [-0.2, 0) is 0 Å². The predicted octanol–water partition coefficient (Wildman–Crippen LogP) is 5.04. The number of methoxy groups -OCH3 is 1. The van der Waals surface area contributed by atoms with Crippen molar-refractivity contribution < 1.29 is 9.47 Å². The monoisotopic (exact) mass is 323 g/mol. The number of aromatic nitrogens is 1. The summed E-state index contributed by atoms with van der Waals surface area (Å²) in [5.41, 5.74) is 2.06. The van der Waals surface area contributed by atoms with Gasteiger partial charge in [0.1, 0.15) is 11.6 Å². The minimum atomic E-state index is 0.456. The van der Waals surface area contributed by atoms with E-state index in [4.69, 9.17) is 9.47 Å². The van der Waals surface area contributed by atoms with Crippen molar-refractivity contribution in [2.75, 3.05) is 13.7 Å². The Morgan fingerprint density at radius 2 is 2.00 bits per heavy atom. The zero-order chi connectivity index (χ0) is 16.1. The lowest BCUT2D eigenvalue weighted by Gasteiger charge is -2.09. The van der Waals surface area contributed by atoms with Crippen molar-refractivity contribution in [2.24, 2.45) is 0 Å². The predicted molar refractivity (Wildman–Crippen MR) is 97.2 cm³/mol. The highest BCUT2D eigenvalue weighted by atomic mass is 32.1. The second-order valence-electron chi connectivity index (χ2n) is 4.86. The number of hydrogen-bond donors (Lipinski definition) is 0. The first-order valence-electron chi connectivity index (χ1n) is 7.25. The molecule has 1 aromatic heterocycles. The first kappa shape index (κ1) is 15.3. The van der Waals surface area contributed by atoms with Gasteiger partial charge in [-0.3, -0.25) is 0 Å². The Kier molecular flexibility index (Phi) is 4.74. The molecule has 0 aliphatic carbocycles. The van der Waals surface area contributed by atoms with Crippen LogP contribution in [0.5, 0.6) is 11.5 Å². The molecule has 0 aliphatic heterocycles. The number of rotatable bonds is 6. The van der Waals surface area contributed by atoms with Gasteiger partial charge in [-0.1, -0.05) is 36.9 Å². The lowest BCUT2D eigenvalue weighted by Crippen LogP contribution is -1.96. The van der Waals surface area contributed by atoms with E-state index in [2.05, 4.69) is 17.6 Å². The summed E-state index contributed by atoms with van der Waals surface area (Å²) in [6.07, 6.45) is 5.75. The first-order chi connectivity index (χ1) is 11.3. The number of ether oxygens (including phenoxy) is 2. The van der Waals surface area contributed by atoms with Gasteiger partial charge in [0, 0.05) is 0 Å². The minimum Gasteiger partial charge on any atom is -0.493 e. The zero-order valence-electron chi connectivity index (χ0n) is 12.9. The zero-order valence-corrected chi connectivity index (χ0v) is 13.7. The normalized spacial score (nSPS) is 11.0. The Morgan fingerprint density at radius 3 is 2.78 bits per heavy atom. The van der Waals surface area contributed by atoms with Gasteiger partial charge in [-0.2, -0.15) is 0 Å². The minimum absolute atomic E-state index is 0.456. The van der Waals surface area contributed by atoms with Crippen LogP contribution < -0.4 is 9.47 Å². The molecule has 0 N–H and O–H groups in total. The maximum Gasteiger partial charge on any atom is 0.161 e. The largest absolute Gasteiger partial charge is 0.493 e. The summed E-state index contributed by atoms with van der Waals surface area (Å²) in [6, 6.07) is 14.0. The van der Waals surface area contributed by atoms with Crippen LogP contribution in [0.1, 0.15) is 10.6 Å². The maximum atomic E-state index is 5.56. The molecular weight excluding hydrogens is 306 g/mol. The van der Waals surface area contributed by atoms with Crippen LogP contribution >= 0.6 is 11.3 Å². The van der Waals surface area contributed by atoms with Crippen LogP contribution in [0.3, 0.4) is 0 Å². The average molecular weight is 323 g/mol. The molecule has 1 heterocycles. The van der Waals surface area contributed by atoms with E-state index in [9.17, 15) is 0 Å². The summed E-state index contributed by atoms with van der Waals surface area (Å²) >= 11 is 1.68. The highest BCUT2D eigenvalue weighted by molar-refractivity contribution is 7.19. The SMILES string of the molecule is C=CCOc1ccc(/C=C/c2nc3ccccc3s2)cc1OC. The highest BCUT2D eigenvalue weighted by Gasteiger charge is 2.04. The summed E-state index contributed by atoms with van der Waals surface area (Å²) in [5.74, 6) is 1.42. The Balaban J connectivity index is 1.82. The van der Waals surface area contributed by atoms with E-state index in [-0.39, 0.29) is 0 Å². The van der Waals surface area contributed by atoms with Gasteiger partial charge in [0.15, 0.2) is 11.5 Å². The molecule has 2 aromatic carbocycles. The van der Waals surface area contributed by atoms with Crippen LogP contribution in [0.25, 0.3) is 22.4 Å². The Bertz CT molecular complexity index is 818. The summed E-state index contributed by atoms with van der Waals surface area (Å²) in [6.45, 7) is 4.10. The number of para-hydroxylation sites is 1. The second kappa shape index (κ2) is 7.11. The summed E-state index contributed by atoms with van der Waals surface area (Å²) in [4.78, 5) is 4.59. The lowest BCUT2D eigenvalue weighted by molar-refractivity contribution is 0.326. The van der Waals surface area contributed by atoms with Crippen LogP contribution in [-0.4, -0.2) is 18.7 Å². The molecule has 0 bridgehead atoms. The molecule has 0 saturated carbocycles. The molecule has 0 aliphatic rings. The number of benzene rings is 2. The standard InChI is InChI=1S/C19H17NO2S/c1-3-12-22-16-10-8-14(13-17(16)21-2)9-11-19-20-15-6-4-5-7-18(15)23-19/h3-11,13H,1,12H2,2H3/b11-9+. The van der Waals surface area contributed by atoms with Gasteiger partial charge < -0.3 is 9.47 Å². The maximum absolute atomic E-state index is 5.56. The number of nitrogens with zero attached hydrogens (tertiary/aromatic N) is 1. The molecule has 0 unspecified atom stereocenters. The molecule has 0 radical (unpaired) electrons. The van der Waals surface area contributed by atoms with Crippen molar-refractivity contribution in [2.45, 2.75) is 0 Å². The third kappa shape index (κ3) is 3.60. The molecule has 0 atom stereocenters. The molecule has 116 valence electrons.